The summed E-state index contributed by atoms with van der Waals surface area (Å²) in [6.07, 6.45) is 1.98. The highest BCUT2D eigenvalue weighted by atomic mass is 35.5. The molecule has 0 saturated carbocycles. The molecule has 2 aromatic rings. The topological polar surface area (TPSA) is 24.9 Å². The minimum Gasteiger partial charge on any atom is -0.370 e. The van der Waals surface area contributed by atoms with E-state index in [1.807, 2.05) is 13.0 Å². The third-order valence-corrected chi connectivity index (χ3v) is 3.98. The van der Waals surface area contributed by atoms with Crippen molar-refractivity contribution < 1.29 is 0 Å². The smallest absolute Gasteiger partial charge is 0.129 e. The van der Waals surface area contributed by atoms with Crippen LogP contribution in [0.1, 0.15) is 25.8 Å². The number of halogens is 3. The molecule has 0 spiro atoms. The summed E-state index contributed by atoms with van der Waals surface area (Å²) in [5, 5.41) is 5.56. The standard InChI is InChI=1S/C14H15Cl3N2/c1-3-5-8-6-9-12(17)10(15)7-11(16)13(9)19-14(8)18-4-2/h6-7H,3-5H2,1-2H3,(H,18,19). The molecule has 1 N–H and O–H groups in total. The minimum atomic E-state index is 0.458. The number of fused-ring (bicyclic) bond motifs is 1. The van der Waals surface area contributed by atoms with Crippen molar-refractivity contribution in [1.29, 1.82) is 0 Å². The van der Waals surface area contributed by atoms with Gasteiger partial charge in [0, 0.05) is 11.9 Å². The van der Waals surface area contributed by atoms with Gasteiger partial charge >= 0.3 is 0 Å². The number of nitrogens with one attached hydrogen (secondary N) is 1. The molecule has 2 nitrogen and oxygen atoms in total. The zero-order valence-electron chi connectivity index (χ0n) is 10.9. The molecule has 102 valence electrons. The molecule has 1 heterocycles. The Morgan fingerprint density at radius 1 is 1.11 bits per heavy atom. The fourth-order valence-electron chi connectivity index (χ4n) is 2.06. The summed E-state index contributed by atoms with van der Waals surface area (Å²) in [5.41, 5.74) is 1.82. The molecular weight excluding hydrogens is 303 g/mol. The number of aromatic nitrogens is 1. The Kier molecular flexibility index (Phi) is 4.77. The molecule has 0 saturated heterocycles. The summed E-state index contributed by atoms with van der Waals surface area (Å²) in [7, 11) is 0. The van der Waals surface area contributed by atoms with Crippen LogP contribution in [0.25, 0.3) is 10.9 Å². The maximum atomic E-state index is 6.25. The number of hydrogen-bond donors (Lipinski definition) is 1. The van der Waals surface area contributed by atoms with Gasteiger partial charge in [0.2, 0.25) is 0 Å². The molecule has 0 amide bonds. The average Bonchev–Trinajstić information content (AvgIpc) is 2.38. The van der Waals surface area contributed by atoms with E-state index in [0.717, 1.165) is 36.2 Å². The summed E-state index contributed by atoms with van der Waals surface area (Å²) in [6, 6.07) is 3.67. The van der Waals surface area contributed by atoms with Crippen LogP contribution >= 0.6 is 34.8 Å². The zero-order valence-corrected chi connectivity index (χ0v) is 13.1. The first-order chi connectivity index (χ1) is 9.08. The average molecular weight is 318 g/mol. The van der Waals surface area contributed by atoms with Crippen LogP contribution in [-0.2, 0) is 6.42 Å². The fourth-order valence-corrected chi connectivity index (χ4v) is 2.77. The molecule has 0 fully saturated rings. The lowest BCUT2D eigenvalue weighted by molar-refractivity contribution is 0.916. The summed E-state index contributed by atoms with van der Waals surface area (Å²) < 4.78 is 0. The van der Waals surface area contributed by atoms with Crippen molar-refractivity contribution >= 4 is 51.5 Å². The van der Waals surface area contributed by atoms with E-state index in [9.17, 15) is 0 Å². The van der Waals surface area contributed by atoms with Crippen LogP contribution in [0.15, 0.2) is 12.1 Å². The SMILES string of the molecule is CCCc1cc2c(Cl)c(Cl)cc(Cl)c2nc1NCC. The zero-order chi connectivity index (χ0) is 14.0. The molecular formula is C14H15Cl3N2. The second-order valence-electron chi connectivity index (χ2n) is 4.33. The van der Waals surface area contributed by atoms with Gasteiger partial charge in [-0.2, -0.15) is 0 Å². The van der Waals surface area contributed by atoms with Crippen molar-refractivity contribution in [2.45, 2.75) is 26.7 Å². The number of benzene rings is 1. The molecule has 0 aliphatic carbocycles. The van der Waals surface area contributed by atoms with Gasteiger partial charge in [-0.25, -0.2) is 4.98 Å². The van der Waals surface area contributed by atoms with Crippen molar-refractivity contribution in [3.63, 3.8) is 0 Å². The van der Waals surface area contributed by atoms with E-state index >= 15 is 0 Å². The second kappa shape index (κ2) is 6.17. The first-order valence-electron chi connectivity index (χ1n) is 6.29. The molecule has 0 bridgehead atoms. The van der Waals surface area contributed by atoms with Crippen molar-refractivity contribution in [2.24, 2.45) is 0 Å². The van der Waals surface area contributed by atoms with E-state index in [2.05, 4.69) is 17.2 Å². The molecule has 19 heavy (non-hydrogen) atoms. The van der Waals surface area contributed by atoms with Crippen LogP contribution < -0.4 is 5.32 Å². The number of rotatable bonds is 4. The number of pyridine rings is 1. The van der Waals surface area contributed by atoms with Gasteiger partial charge in [-0.05, 0) is 31.0 Å². The van der Waals surface area contributed by atoms with Crippen molar-refractivity contribution in [3.05, 3.63) is 32.8 Å². The van der Waals surface area contributed by atoms with E-state index in [1.165, 1.54) is 0 Å². The molecule has 0 aliphatic heterocycles. The highest BCUT2D eigenvalue weighted by Crippen LogP contribution is 2.37. The van der Waals surface area contributed by atoms with Gasteiger partial charge in [-0.1, -0.05) is 48.1 Å². The number of aryl methyl sites for hydroxylation is 1. The molecule has 2 rings (SSSR count). The maximum absolute atomic E-state index is 6.25. The Morgan fingerprint density at radius 2 is 1.84 bits per heavy atom. The molecule has 0 unspecified atom stereocenters. The van der Waals surface area contributed by atoms with Crippen LogP contribution in [0.3, 0.4) is 0 Å². The first kappa shape index (κ1) is 14.7. The number of nitrogens with zero attached hydrogens (tertiary/aromatic N) is 1. The summed E-state index contributed by atoms with van der Waals surface area (Å²) in [5.74, 6) is 0.872. The molecule has 0 atom stereocenters. The van der Waals surface area contributed by atoms with Gasteiger partial charge in [-0.15, -0.1) is 0 Å². The molecule has 1 aromatic carbocycles. The molecule has 0 radical (unpaired) electrons. The lowest BCUT2D eigenvalue weighted by atomic mass is 10.1. The Labute approximate surface area is 128 Å². The number of hydrogen-bond acceptors (Lipinski definition) is 2. The summed E-state index contributed by atoms with van der Waals surface area (Å²) in [4.78, 5) is 4.60. The maximum Gasteiger partial charge on any atom is 0.129 e. The molecule has 0 aliphatic rings. The summed E-state index contributed by atoms with van der Waals surface area (Å²) >= 11 is 18.5. The third kappa shape index (κ3) is 2.91. The highest BCUT2D eigenvalue weighted by molar-refractivity contribution is 6.47. The normalized spacial score (nSPS) is 11.0. The van der Waals surface area contributed by atoms with E-state index in [-0.39, 0.29) is 0 Å². The molecule has 1 aromatic heterocycles. The second-order valence-corrected chi connectivity index (χ2v) is 5.52. The molecule has 5 heteroatoms. The third-order valence-electron chi connectivity index (χ3n) is 2.89. The lowest BCUT2D eigenvalue weighted by Crippen LogP contribution is -2.04. The van der Waals surface area contributed by atoms with Gasteiger partial charge in [0.15, 0.2) is 0 Å². The number of anilines is 1. The van der Waals surface area contributed by atoms with Crippen LogP contribution in [0, 0.1) is 0 Å². The van der Waals surface area contributed by atoms with Crippen LogP contribution in [0.4, 0.5) is 5.82 Å². The van der Waals surface area contributed by atoms with Crippen LogP contribution in [0.5, 0.6) is 0 Å². The van der Waals surface area contributed by atoms with Crippen LogP contribution in [0.2, 0.25) is 15.1 Å². The van der Waals surface area contributed by atoms with E-state index in [4.69, 9.17) is 34.8 Å². The van der Waals surface area contributed by atoms with Crippen LogP contribution in [-0.4, -0.2) is 11.5 Å². The van der Waals surface area contributed by atoms with E-state index in [1.54, 1.807) is 6.07 Å². The highest BCUT2D eigenvalue weighted by Gasteiger charge is 2.13. The van der Waals surface area contributed by atoms with Gasteiger partial charge < -0.3 is 5.32 Å². The Bertz CT molecular complexity index is 611. The van der Waals surface area contributed by atoms with Gasteiger partial charge in [0.25, 0.3) is 0 Å². The minimum absolute atomic E-state index is 0.458. The monoisotopic (exact) mass is 316 g/mol. The van der Waals surface area contributed by atoms with Crippen molar-refractivity contribution in [1.82, 2.24) is 4.98 Å². The predicted molar refractivity (Wildman–Crippen MR) is 84.9 cm³/mol. The Morgan fingerprint density at radius 3 is 2.47 bits per heavy atom. The Hall–Kier alpha value is -0.700. The lowest BCUT2D eigenvalue weighted by Gasteiger charge is -2.13. The van der Waals surface area contributed by atoms with E-state index < -0.39 is 0 Å². The van der Waals surface area contributed by atoms with Crippen molar-refractivity contribution in [2.75, 3.05) is 11.9 Å². The fraction of sp³-hybridized carbons (Fsp3) is 0.357. The summed E-state index contributed by atoms with van der Waals surface area (Å²) in [6.45, 7) is 4.98. The van der Waals surface area contributed by atoms with Gasteiger partial charge in [0.1, 0.15) is 5.82 Å². The van der Waals surface area contributed by atoms with Gasteiger partial charge in [-0.3, -0.25) is 0 Å². The Balaban J connectivity index is 2.73. The predicted octanol–water partition coefficient (Wildman–Crippen LogP) is 5.58. The van der Waals surface area contributed by atoms with E-state index in [0.29, 0.717) is 20.6 Å². The largest absolute Gasteiger partial charge is 0.370 e. The van der Waals surface area contributed by atoms with Crippen molar-refractivity contribution in [3.8, 4) is 0 Å². The quantitative estimate of drug-likeness (QED) is 0.745. The van der Waals surface area contributed by atoms with Gasteiger partial charge in [0.05, 0.1) is 20.6 Å². The first-order valence-corrected chi connectivity index (χ1v) is 7.42.